The highest BCUT2D eigenvalue weighted by Crippen LogP contribution is 2.32. The molecular formula is C18H25ClN2O3. The molecule has 0 spiro atoms. The fourth-order valence-electron chi connectivity index (χ4n) is 3.18. The van der Waals surface area contributed by atoms with Gasteiger partial charge in [-0.05, 0) is 38.8 Å². The summed E-state index contributed by atoms with van der Waals surface area (Å²) in [5.41, 5.74) is 6.20. The number of furan rings is 1. The average Bonchev–Trinajstić information content (AvgIpc) is 3.15. The van der Waals surface area contributed by atoms with Crippen LogP contribution in [-0.4, -0.2) is 18.1 Å². The SMILES string of the molecule is CCOc1cccc2cc(C(C)NC(=O)C3(N)CCCC3)oc12.Cl. The van der Waals surface area contributed by atoms with Crippen LogP contribution in [-0.2, 0) is 4.79 Å². The molecule has 132 valence electrons. The van der Waals surface area contributed by atoms with Crippen LogP contribution in [0.5, 0.6) is 5.75 Å². The highest BCUT2D eigenvalue weighted by atomic mass is 35.5. The lowest BCUT2D eigenvalue weighted by atomic mass is 9.97. The Hall–Kier alpha value is -1.72. The van der Waals surface area contributed by atoms with Gasteiger partial charge in [0.1, 0.15) is 5.76 Å². The minimum absolute atomic E-state index is 0. The summed E-state index contributed by atoms with van der Waals surface area (Å²) in [6, 6.07) is 7.51. The topological polar surface area (TPSA) is 77.5 Å². The molecule has 1 atom stereocenters. The molecule has 6 heteroatoms. The van der Waals surface area contributed by atoms with Crippen LogP contribution >= 0.6 is 12.4 Å². The van der Waals surface area contributed by atoms with Gasteiger partial charge >= 0.3 is 0 Å². The van der Waals surface area contributed by atoms with Gasteiger partial charge in [-0.15, -0.1) is 12.4 Å². The highest BCUT2D eigenvalue weighted by Gasteiger charge is 2.37. The van der Waals surface area contributed by atoms with E-state index in [0.29, 0.717) is 18.0 Å². The maximum Gasteiger partial charge on any atom is 0.240 e. The number of carbonyl (C=O) groups is 1. The summed E-state index contributed by atoms with van der Waals surface area (Å²) in [6.45, 7) is 4.43. The molecular weight excluding hydrogens is 328 g/mol. The van der Waals surface area contributed by atoms with E-state index in [9.17, 15) is 4.79 Å². The molecule has 24 heavy (non-hydrogen) atoms. The number of hydrogen-bond donors (Lipinski definition) is 2. The molecule has 1 aromatic heterocycles. The minimum Gasteiger partial charge on any atom is -0.490 e. The highest BCUT2D eigenvalue weighted by molar-refractivity contribution is 5.87. The Morgan fingerprint density at radius 2 is 2.12 bits per heavy atom. The van der Waals surface area contributed by atoms with E-state index >= 15 is 0 Å². The third kappa shape index (κ3) is 3.52. The van der Waals surface area contributed by atoms with Crippen molar-refractivity contribution in [3.8, 4) is 5.75 Å². The van der Waals surface area contributed by atoms with Crippen LogP contribution in [0.2, 0.25) is 0 Å². The average molecular weight is 353 g/mol. The van der Waals surface area contributed by atoms with Crippen molar-refractivity contribution in [1.29, 1.82) is 0 Å². The molecule has 1 aromatic carbocycles. The number of carbonyl (C=O) groups excluding carboxylic acids is 1. The fourth-order valence-corrected chi connectivity index (χ4v) is 3.18. The van der Waals surface area contributed by atoms with Crippen LogP contribution in [0, 0.1) is 0 Å². The maximum atomic E-state index is 12.4. The smallest absolute Gasteiger partial charge is 0.240 e. The van der Waals surface area contributed by atoms with Crippen LogP contribution in [0.3, 0.4) is 0 Å². The first-order chi connectivity index (χ1) is 11.0. The minimum atomic E-state index is -0.725. The standard InChI is InChI=1S/C18H24N2O3.ClH/c1-3-22-14-8-6-7-13-11-15(23-16(13)14)12(2)20-17(21)18(19)9-4-5-10-18;/h6-8,11-12H,3-5,9-10,19H2,1-2H3,(H,20,21);1H. The Labute approximate surface area is 148 Å². The van der Waals surface area contributed by atoms with Gasteiger partial charge in [-0.2, -0.15) is 0 Å². The molecule has 5 nitrogen and oxygen atoms in total. The third-order valence-corrected chi connectivity index (χ3v) is 4.55. The number of benzene rings is 1. The van der Waals surface area contributed by atoms with E-state index in [2.05, 4.69) is 5.32 Å². The van der Waals surface area contributed by atoms with Crippen molar-refractivity contribution in [2.24, 2.45) is 5.73 Å². The number of fused-ring (bicyclic) bond motifs is 1. The van der Waals surface area contributed by atoms with Crippen molar-refractivity contribution in [2.45, 2.75) is 51.1 Å². The largest absolute Gasteiger partial charge is 0.490 e. The Morgan fingerprint density at radius 1 is 1.42 bits per heavy atom. The van der Waals surface area contributed by atoms with Crippen molar-refractivity contribution >= 4 is 29.3 Å². The summed E-state index contributed by atoms with van der Waals surface area (Å²) in [6.07, 6.45) is 3.53. The molecule has 3 N–H and O–H groups in total. The number of ether oxygens (including phenoxy) is 1. The van der Waals surface area contributed by atoms with Crippen molar-refractivity contribution in [3.05, 3.63) is 30.0 Å². The van der Waals surface area contributed by atoms with Gasteiger partial charge in [0.15, 0.2) is 11.3 Å². The second kappa shape index (κ2) is 7.45. The molecule has 2 aromatic rings. The van der Waals surface area contributed by atoms with Gasteiger partial charge in [0.25, 0.3) is 0 Å². The molecule has 3 rings (SSSR count). The lowest BCUT2D eigenvalue weighted by molar-refractivity contribution is -0.126. The lowest BCUT2D eigenvalue weighted by Gasteiger charge is -2.24. The van der Waals surface area contributed by atoms with Gasteiger partial charge < -0.3 is 20.2 Å². The van der Waals surface area contributed by atoms with Crippen LogP contribution in [0.15, 0.2) is 28.7 Å². The normalized spacial score (nSPS) is 17.3. The van der Waals surface area contributed by atoms with Gasteiger partial charge in [-0.3, -0.25) is 4.79 Å². The molecule has 0 saturated heterocycles. The Morgan fingerprint density at radius 3 is 2.79 bits per heavy atom. The molecule has 0 bridgehead atoms. The van der Waals surface area contributed by atoms with Crippen LogP contribution in [0.25, 0.3) is 11.0 Å². The van der Waals surface area contributed by atoms with E-state index in [1.54, 1.807) is 0 Å². The van der Waals surface area contributed by atoms with Crippen molar-refractivity contribution < 1.29 is 13.9 Å². The van der Waals surface area contributed by atoms with E-state index in [1.165, 1.54) is 0 Å². The first kappa shape index (κ1) is 18.6. The van der Waals surface area contributed by atoms with E-state index in [1.807, 2.05) is 38.1 Å². The van der Waals surface area contributed by atoms with Gasteiger partial charge in [0, 0.05) is 5.39 Å². The Balaban J connectivity index is 0.00000208. The molecule has 1 heterocycles. The van der Waals surface area contributed by atoms with Crippen LogP contribution in [0.1, 0.15) is 51.3 Å². The number of amides is 1. The third-order valence-electron chi connectivity index (χ3n) is 4.55. The molecule has 1 fully saturated rings. The van der Waals surface area contributed by atoms with Crippen molar-refractivity contribution in [2.75, 3.05) is 6.61 Å². The van der Waals surface area contributed by atoms with Crippen molar-refractivity contribution in [3.63, 3.8) is 0 Å². The lowest BCUT2D eigenvalue weighted by Crippen LogP contribution is -2.52. The second-order valence-corrected chi connectivity index (χ2v) is 6.31. The first-order valence-corrected chi connectivity index (χ1v) is 8.28. The molecule has 0 radical (unpaired) electrons. The van der Waals surface area contributed by atoms with Gasteiger partial charge in [0.05, 0.1) is 18.2 Å². The summed E-state index contributed by atoms with van der Waals surface area (Å²) < 4.78 is 11.5. The monoisotopic (exact) mass is 352 g/mol. The van der Waals surface area contributed by atoms with Crippen LogP contribution < -0.4 is 15.8 Å². The summed E-state index contributed by atoms with van der Waals surface area (Å²) in [5.74, 6) is 1.34. The maximum absolute atomic E-state index is 12.4. The quantitative estimate of drug-likeness (QED) is 0.860. The number of nitrogens with two attached hydrogens (primary N) is 1. The fraction of sp³-hybridized carbons (Fsp3) is 0.500. The van der Waals surface area contributed by atoms with E-state index < -0.39 is 5.54 Å². The molecule has 0 aliphatic heterocycles. The molecule has 1 saturated carbocycles. The predicted octanol–water partition coefficient (Wildman–Crippen LogP) is 3.70. The second-order valence-electron chi connectivity index (χ2n) is 6.31. The zero-order valence-electron chi connectivity index (χ0n) is 14.1. The Kier molecular flexibility index (Phi) is 5.78. The van der Waals surface area contributed by atoms with Gasteiger partial charge in [0.2, 0.25) is 5.91 Å². The number of hydrogen-bond acceptors (Lipinski definition) is 4. The van der Waals surface area contributed by atoms with Gasteiger partial charge in [-0.25, -0.2) is 0 Å². The first-order valence-electron chi connectivity index (χ1n) is 8.28. The summed E-state index contributed by atoms with van der Waals surface area (Å²) in [5, 5.41) is 3.96. The van der Waals surface area contributed by atoms with E-state index in [-0.39, 0.29) is 24.4 Å². The number of rotatable bonds is 5. The summed E-state index contributed by atoms with van der Waals surface area (Å²) in [7, 11) is 0. The predicted molar refractivity (Wildman–Crippen MR) is 96.6 cm³/mol. The van der Waals surface area contributed by atoms with Crippen molar-refractivity contribution in [1.82, 2.24) is 5.32 Å². The zero-order valence-corrected chi connectivity index (χ0v) is 14.9. The number of para-hydroxylation sites is 1. The molecule has 1 aliphatic carbocycles. The summed E-state index contributed by atoms with van der Waals surface area (Å²) >= 11 is 0. The molecule has 1 unspecified atom stereocenters. The van der Waals surface area contributed by atoms with E-state index in [4.69, 9.17) is 14.9 Å². The van der Waals surface area contributed by atoms with Crippen LogP contribution in [0.4, 0.5) is 0 Å². The Bertz CT molecular complexity index is 707. The van der Waals surface area contributed by atoms with E-state index in [0.717, 1.165) is 36.8 Å². The number of halogens is 1. The summed E-state index contributed by atoms with van der Waals surface area (Å²) in [4.78, 5) is 12.4. The zero-order chi connectivity index (χ0) is 16.4. The number of nitrogens with one attached hydrogen (secondary N) is 1. The molecule has 1 aliphatic rings. The molecule has 1 amide bonds. The van der Waals surface area contributed by atoms with Gasteiger partial charge in [-0.1, -0.05) is 25.0 Å².